The molecular formula is C11H12FN3O4S. The third-order valence-electron chi connectivity index (χ3n) is 2.92. The molecule has 1 aliphatic rings. The van der Waals surface area contributed by atoms with Crippen LogP contribution in [0.5, 0.6) is 0 Å². The fourth-order valence-electron chi connectivity index (χ4n) is 1.84. The van der Waals surface area contributed by atoms with Gasteiger partial charge in [-0.3, -0.25) is 14.9 Å². The summed E-state index contributed by atoms with van der Waals surface area (Å²) in [6.07, 6.45) is 0. The van der Waals surface area contributed by atoms with Gasteiger partial charge in [-0.15, -0.1) is 0 Å². The maximum absolute atomic E-state index is 13.8. The Morgan fingerprint density at radius 2 is 2.05 bits per heavy atom. The monoisotopic (exact) mass is 301 g/mol. The van der Waals surface area contributed by atoms with E-state index in [0.717, 1.165) is 12.1 Å². The van der Waals surface area contributed by atoms with Crippen molar-refractivity contribution in [2.75, 3.05) is 12.3 Å². The van der Waals surface area contributed by atoms with Crippen LogP contribution in [0.4, 0.5) is 10.1 Å². The van der Waals surface area contributed by atoms with Crippen molar-refractivity contribution < 1.29 is 22.4 Å². The number of hydrogen-bond acceptors (Lipinski definition) is 5. The minimum atomic E-state index is -4.30. The van der Waals surface area contributed by atoms with Crippen LogP contribution in [-0.4, -0.2) is 37.1 Å². The van der Waals surface area contributed by atoms with Gasteiger partial charge >= 0.3 is 0 Å². The van der Waals surface area contributed by atoms with Crippen molar-refractivity contribution in [2.45, 2.75) is 17.9 Å². The molecule has 3 N–H and O–H groups in total. The molecule has 1 aliphatic heterocycles. The number of nitrogens with zero attached hydrogens (tertiary/aromatic N) is 1. The lowest BCUT2D eigenvalue weighted by atomic mass is 10.2. The predicted octanol–water partition coefficient (Wildman–Crippen LogP) is -0.557. The first-order valence-corrected chi connectivity index (χ1v) is 7.08. The first kappa shape index (κ1) is 14.4. The number of nitrogens with two attached hydrogens (primary N) is 1. The molecule has 7 nitrogen and oxygen atoms in total. The summed E-state index contributed by atoms with van der Waals surface area (Å²) in [6.45, 7) is 0.771. The third-order valence-corrected chi connectivity index (χ3v) is 4.87. The number of anilines is 1. The number of carbonyl (C=O) groups is 2. The summed E-state index contributed by atoms with van der Waals surface area (Å²) in [7, 11) is -4.30. The average Bonchev–Trinajstić information content (AvgIpc) is 2.33. The van der Waals surface area contributed by atoms with Gasteiger partial charge in [0.05, 0.1) is 6.54 Å². The fourth-order valence-corrected chi connectivity index (χ4v) is 3.43. The van der Waals surface area contributed by atoms with E-state index in [1.54, 1.807) is 0 Å². The second-order valence-corrected chi connectivity index (χ2v) is 6.19. The molecule has 0 aromatic heterocycles. The number of hydrogen-bond donors (Lipinski definition) is 2. The van der Waals surface area contributed by atoms with Crippen LogP contribution in [0, 0.1) is 5.82 Å². The van der Waals surface area contributed by atoms with Crippen molar-refractivity contribution in [3.05, 3.63) is 24.0 Å². The maximum Gasteiger partial charge on any atom is 0.247 e. The highest BCUT2D eigenvalue weighted by Crippen LogP contribution is 2.23. The number of rotatable bonds is 2. The number of amides is 2. The molecule has 1 fully saturated rings. The standard InChI is InChI=1S/C11H12FN3O4S/c1-6-11(17)14-10(16)5-15(6)20(18,19)9-3-2-7(13)4-8(9)12/h2-4,6H,5,13H2,1H3,(H,14,16,17). The summed E-state index contributed by atoms with van der Waals surface area (Å²) < 4.78 is 39.1. The van der Waals surface area contributed by atoms with Gasteiger partial charge in [-0.05, 0) is 25.1 Å². The van der Waals surface area contributed by atoms with E-state index >= 15 is 0 Å². The quantitative estimate of drug-likeness (QED) is 0.562. The maximum atomic E-state index is 13.8. The molecule has 2 amide bonds. The van der Waals surface area contributed by atoms with Crippen molar-refractivity contribution >= 4 is 27.5 Å². The molecule has 9 heteroatoms. The van der Waals surface area contributed by atoms with Gasteiger partial charge in [-0.25, -0.2) is 12.8 Å². The molecule has 20 heavy (non-hydrogen) atoms. The van der Waals surface area contributed by atoms with Gasteiger partial charge in [-0.2, -0.15) is 4.31 Å². The van der Waals surface area contributed by atoms with E-state index in [1.165, 1.54) is 13.0 Å². The summed E-state index contributed by atoms with van der Waals surface area (Å²) in [5.41, 5.74) is 5.43. The number of halogens is 1. The largest absolute Gasteiger partial charge is 0.399 e. The van der Waals surface area contributed by atoms with Crippen LogP contribution < -0.4 is 11.1 Å². The lowest BCUT2D eigenvalue weighted by Gasteiger charge is -2.30. The van der Waals surface area contributed by atoms with Gasteiger partial charge in [0.25, 0.3) is 0 Å². The van der Waals surface area contributed by atoms with E-state index in [9.17, 15) is 22.4 Å². The molecule has 0 saturated carbocycles. The van der Waals surface area contributed by atoms with Gasteiger partial charge in [0, 0.05) is 5.69 Å². The lowest BCUT2D eigenvalue weighted by Crippen LogP contribution is -2.58. The number of sulfonamides is 1. The molecule has 1 unspecified atom stereocenters. The smallest absolute Gasteiger partial charge is 0.247 e. The van der Waals surface area contributed by atoms with Crippen molar-refractivity contribution in [1.82, 2.24) is 9.62 Å². The van der Waals surface area contributed by atoms with Crippen molar-refractivity contribution in [3.8, 4) is 0 Å². The van der Waals surface area contributed by atoms with Gasteiger partial charge in [0.1, 0.15) is 16.8 Å². The Labute approximate surface area is 114 Å². The Hall–Kier alpha value is -2.00. The normalized spacial score (nSPS) is 20.8. The van der Waals surface area contributed by atoms with Crippen molar-refractivity contribution in [3.63, 3.8) is 0 Å². The Balaban J connectivity index is 2.48. The summed E-state index contributed by atoms with van der Waals surface area (Å²) >= 11 is 0. The van der Waals surface area contributed by atoms with Crippen molar-refractivity contribution in [2.24, 2.45) is 0 Å². The third kappa shape index (κ3) is 2.37. The molecule has 1 aromatic rings. The van der Waals surface area contributed by atoms with Gasteiger partial charge in [-0.1, -0.05) is 0 Å². The molecule has 0 aliphatic carbocycles. The first-order chi connectivity index (χ1) is 9.23. The Morgan fingerprint density at radius 3 is 2.65 bits per heavy atom. The zero-order valence-corrected chi connectivity index (χ0v) is 11.3. The van der Waals surface area contributed by atoms with Crippen LogP contribution in [0.1, 0.15) is 6.92 Å². The predicted molar refractivity (Wildman–Crippen MR) is 67.3 cm³/mol. The van der Waals surface area contributed by atoms with Crippen LogP contribution in [0.2, 0.25) is 0 Å². The Kier molecular flexibility index (Phi) is 3.48. The second-order valence-electron chi connectivity index (χ2n) is 4.33. The summed E-state index contributed by atoms with van der Waals surface area (Å²) in [5, 5.41) is 2.01. The van der Waals surface area contributed by atoms with E-state index in [4.69, 9.17) is 5.73 Å². The number of nitrogens with one attached hydrogen (secondary N) is 1. The number of carbonyl (C=O) groups excluding carboxylic acids is 2. The average molecular weight is 301 g/mol. The minimum Gasteiger partial charge on any atom is -0.399 e. The molecule has 1 saturated heterocycles. The highest BCUT2D eigenvalue weighted by molar-refractivity contribution is 7.89. The van der Waals surface area contributed by atoms with Crippen LogP contribution in [0.15, 0.2) is 23.1 Å². The topological polar surface area (TPSA) is 110 Å². The fraction of sp³-hybridized carbons (Fsp3) is 0.273. The van der Waals surface area contributed by atoms with Crippen LogP contribution in [0.3, 0.4) is 0 Å². The highest BCUT2D eigenvalue weighted by atomic mass is 32.2. The molecular weight excluding hydrogens is 289 g/mol. The molecule has 108 valence electrons. The summed E-state index contributed by atoms with van der Waals surface area (Å²) in [4.78, 5) is 22.2. The van der Waals surface area contributed by atoms with E-state index < -0.39 is 45.1 Å². The van der Waals surface area contributed by atoms with E-state index in [2.05, 4.69) is 0 Å². The molecule has 0 spiro atoms. The zero-order valence-electron chi connectivity index (χ0n) is 10.5. The Morgan fingerprint density at radius 1 is 1.40 bits per heavy atom. The number of benzene rings is 1. The molecule has 0 bridgehead atoms. The van der Waals surface area contributed by atoms with E-state index in [0.29, 0.717) is 4.31 Å². The van der Waals surface area contributed by atoms with Gasteiger partial charge in [0.15, 0.2) is 0 Å². The first-order valence-electron chi connectivity index (χ1n) is 5.64. The Bertz CT molecular complexity index is 689. The number of piperazine rings is 1. The molecule has 0 radical (unpaired) electrons. The minimum absolute atomic E-state index is 0.0713. The van der Waals surface area contributed by atoms with Crippen molar-refractivity contribution in [1.29, 1.82) is 0 Å². The SMILES string of the molecule is CC1C(=O)NC(=O)CN1S(=O)(=O)c1ccc(N)cc1F. The van der Waals surface area contributed by atoms with Gasteiger partial charge < -0.3 is 5.73 Å². The van der Waals surface area contributed by atoms with Crippen LogP contribution in [0.25, 0.3) is 0 Å². The second kappa shape index (κ2) is 4.84. The molecule has 2 rings (SSSR count). The molecule has 1 aromatic carbocycles. The van der Waals surface area contributed by atoms with Gasteiger partial charge in [0.2, 0.25) is 21.8 Å². The molecule has 1 heterocycles. The zero-order chi connectivity index (χ0) is 15.1. The summed E-state index contributed by atoms with van der Waals surface area (Å²) in [6, 6.07) is 1.99. The van der Waals surface area contributed by atoms with E-state index in [-0.39, 0.29) is 5.69 Å². The number of nitrogen functional groups attached to an aromatic ring is 1. The lowest BCUT2D eigenvalue weighted by molar-refractivity contribution is -0.136. The van der Waals surface area contributed by atoms with Crippen LogP contribution >= 0.6 is 0 Å². The molecule has 1 atom stereocenters. The van der Waals surface area contributed by atoms with E-state index in [1.807, 2.05) is 5.32 Å². The number of imide groups is 1. The summed E-state index contributed by atoms with van der Waals surface area (Å²) in [5.74, 6) is -2.54. The van der Waals surface area contributed by atoms with Crippen LogP contribution in [-0.2, 0) is 19.6 Å². The highest BCUT2D eigenvalue weighted by Gasteiger charge is 2.39.